The highest BCUT2D eigenvalue weighted by Crippen LogP contribution is 2.30. The summed E-state index contributed by atoms with van der Waals surface area (Å²) in [5.74, 6) is -0.264. The van der Waals surface area contributed by atoms with Crippen molar-refractivity contribution in [1.29, 1.82) is 0 Å². The van der Waals surface area contributed by atoms with Gasteiger partial charge in [-0.05, 0) is 24.6 Å². The number of hydrogen-bond acceptors (Lipinski definition) is 5. The lowest BCUT2D eigenvalue weighted by molar-refractivity contribution is -0.137. The van der Waals surface area contributed by atoms with E-state index < -0.39 is 11.9 Å². The number of imide groups is 1. The van der Waals surface area contributed by atoms with Gasteiger partial charge < -0.3 is 9.73 Å². The average molecular weight is 396 g/mol. The molecule has 2 heterocycles. The van der Waals surface area contributed by atoms with E-state index in [2.05, 4.69) is 15.6 Å². The van der Waals surface area contributed by atoms with E-state index in [1.807, 2.05) is 0 Å². The number of piperidine rings is 1. The van der Waals surface area contributed by atoms with E-state index in [1.54, 1.807) is 18.2 Å². The van der Waals surface area contributed by atoms with Gasteiger partial charge in [0.05, 0.1) is 11.2 Å². The molecular formula is C17H15Cl2N3O4. The van der Waals surface area contributed by atoms with Gasteiger partial charge in [0.2, 0.25) is 17.7 Å². The Hall–Kier alpha value is -2.38. The summed E-state index contributed by atoms with van der Waals surface area (Å²) in [6.07, 6.45) is 2.41. The number of carbonyl (C=O) groups is 3. The lowest BCUT2D eigenvalue weighted by atomic mass is 10.1. The molecule has 2 aromatic rings. The fourth-order valence-electron chi connectivity index (χ4n) is 2.56. The molecule has 1 atom stereocenters. The maximum absolute atomic E-state index is 12.0. The molecule has 1 aromatic heterocycles. The molecule has 0 aliphatic carbocycles. The SMILES string of the molecule is O=C1CCC(NC(=O)CCc2ncc(-c3ccc(Cl)cc3Cl)o2)C(=O)N1. The van der Waals surface area contributed by atoms with Crippen LogP contribution in [0.1, 0.15) is 25.2 Å². The minimum atomic E-state index is -0.687. The van der Waals surface area contributed by atoms with Gasteiger partial charge in [-0.2, -0.15) is 0 Å². The van der Waals surface area contributed by atoms with Crippen molar-refractivity contribution < 1.29 is 18.8 Å². The molecule has 26 heavy (non-hydrogen) atoms. The highest BCUT2D eigenvalue weighted by Gasteiger charge is 2.27. The molecule has 0 bridgehead atoms. The first-order valence-electron chi connectivity index (χ1n) is 7.95. The van der Waals surface area contributed by atoms with Crippen LogP contribution in [0.2, 0.25) is 10.0 Å². The predicted octanol–water partition coefficient (Wildman–Crippen LogP) is 2.50. The Balaban J connectivity index is 1.55. The Morgan fingerprint density at radius 1 is 1.35 bits per heavy atom. The quantitative estimate of drug-likeness (QED) is 0.757. The summed E-state index contributed by atoms with van der Waals surface area (Å²) in [6.45, 7) is 0. The monoisotopic (exact) mass is 395 g/mol. The van der Waals surface area contributed by atoms with Crippen LogP contribution < -0.4 is 10.6 Å². The number of aryl methyl sites for hydroxylation is 1. The van der Waals surface area contributed by atoms with Gasteiger partial charge in [0.15, 0.2) is 11.7 Å². The molecule has 2 N–H and O–H groups in total. The number of nitrogens with one attached hydrogen (secondary N) is 2. The van der Waals surface area contributed by atoms with Crippen LogP contribution >= 0.6 is 23.2 Å². The van der Waals surface area contributed by atoms with Crippen LogP contribution in [-0.2, 0) is 20.8 Å². The first-order chi connectivity index (χ1) is 12.4. The molecule has 1 aliphatic heterocycles. The van der Waals surface area contributed by atoms with Gasteiger partial charge >= 0.3 is 0 Å². The Kier molecular flexibility index (Phi) is 5.58. The molecule has 7 nitrogen and oxygen atoms in total. The Labute approximate surface area is 159 Å². The largest absolute Gasteiger partial charge is 0.441 e. The summed E-state index contributed by atoms with van der Waals surface area (Å²) in [4.78, 5) is 38.9. The molecule has 0 radical (unpaired) electrons. The maximum Gasteiger partial charge on any atom is 0.249 e. The zero-order valence-electron chi connectivity index (χ0n) is 13.6. The maximum atomic E-state index is 12.0. The van der Waals surface area contributed by atoms with Crippen LogP contribution in [-0.4, -0.2) is 28.7 Å². The summed E-state index contributed by atoms with van der Waals surface area (Å²) in [7, 11) is 0. The number of aromatic nitrogens is 1. The topological polar surface area (TPSA) is 101 Å². The van der Waals surface area contributed by atoms with Gasteiger partial charge in [-0.15, -0.1) is 0 Å². The molecule has 1 aliphatic rings. The normalized spacial score (nSPS) is 17.1. The Morgan fingerprint density at radius 3 is 2.88 bits per heavy atom. The number of rotatable bonds is 5. The van der Waals surface area contributed by atoms with Gasteiger partial charge in [0.25, 0.3) is 0 Å². The van der Waals surface area contributed by atoms with Crippen molar-refractivity contribution in [2.75, 3.05) is 0 Å². The fourth-order valence-corrected chi connectivity index (χ4v) is 3.06. The summed E-state index contributed by atoms with van der Waals surface area (Å²) < 4.78 is 5.62. The molecule has 9 heteroatoms. The van der Waals surface area contributed by atoms with Crippen LogP contribution in [0.5, 0.6) is 0 Å². The van der Waals surface area contributed by atoms with E-state index in [-0.39, 0.29) is 31.1 Å². The molecule has 1 unspecified atom stereocenters. The molecule has 3 rings (SSSR count). The highest BCUT2D eigenvalue weighted by molar-refractivity contribution is 6.36. The van der Waals surface area contributed by atoms with Gasteiger partial charge in [-0.1, -0.05) is 23.2 Å². The van der Waals surface area contributed by atoms with Crippen molar-refractivity contribution >= 4 is 40.9 Å². The molecule has 1 saturated heterocycles. The van der Waals surface area contributed by atoms with E-state index in [1.165, 1.54) is 6.20 Å². The standard InChI is InChI=1S/C17H15Cl2N3O4/c18-9-1-2-10(11(19)7-9)13-8-20-16(26-13)6-5-14(23)21-12-3-4-15(24)22-17(12)25/h1-2,7-8,12H,3-6H2,(H,21,23)(H,22,24,25). The zero-order chi connectivity index (χ0) is 18.7. The smallest absolute Gasteiger partial charge is 0.249 e. The number of amides is 3. The third kappa shape index (κ3) is 4.42. The molecule has 1 fully saturated rings. The number of halogens is 2. The van der Waals surface area contributed by atoms with Crippen LogP contribution in [0.15, 0.2) is 28.8 Å². The van der Waals surface area contributed by atoms with Crippen molar-refractivity contribution in [3.8, 4) is 11.3 Å². The van der Waals surface area contributed by atoms with Crippen molar-refractivity contribution in [3.05, 3.63) is 40.3 Å². The summed E-state index contributed by atoms with van der Waals surface area (Å²) >= 11 is 12.0. The van der Waals surface area contributed by atoms with Crippen LogP contribution in [0.3, 0.4) is 0 Å². The Morgan fingerprint density at radius 2 is 2.15 bits per heavy atom. The van der Waals surface area contributed by atoms with E-state index in [0.29, 0.717) is 33.7 Å². The molecule has 0 spiro atoms. The number of hydrogen-bond donors (Lipinski definition) is 2. The first-order valence-corrected chi connectivity index (χ1v) is 8.71. The average Bonchev–Trinajstić information content (AvgIpc) is 3.04. The second-order valence-corrected chi connectivity index (χ2v) is 6.66. The molecule has 3 amide bonds. The van der Waals surface area contributed by atoms with Gasteiger partial charge in [-0.3, -0.25) is 19.7 Å². The zero-order valence-corrected chi connectivity index (χ0v) is 15.1. The minimum absolute atomic E-state index is 0.103. The van der Waals surface area contributed by atoms with Gasteiger partial charge in [-0.25, -0.2) is 4.98 Å². The van der Waals surface area contributed by atoms with Gasteiger partial charge in [0, 0.05) is 29.8 Å². The van der Waals surface area contributed by atoms with Crippen LogP contribution in [0.4, 0.5) is 0 Å². The third-order valence-corrected chi connectivity index (χ3v) is 4.44. The van der Waals surface area contributed by atoms with Crippen molar-refractivity contribution in [3.63, 3.8) is 0 Å². The number of benzene rings is 1. The van der Waals surface area contributed by atoms with Crippen LogP contribution in [0, 0.1) is 0 Å². The van der Waals surface area contributed by atoms with Crippen molar-refractivity contribution in [2.45, 2.75) is 31.7 Å². The summed E-state index contributed by atoms with van der Waals surface area (Å²) in [5, 5.41) is 5.76. The second-order valence-electron chi connectivity index (χ2n) is 5.81. The first kappa shape index (κ1) is 18.4. The summed E-state index contributed by atoms with van der Waals surface area (Å²) in [6, 6.07) is 4.34. The second kappa shape index (κ2) is 7.88. The number of carbonyl (C=O) groups excluding carboxylic acids is 3. The number of nitrogens with zero attached hydrogens (tertiary/aromatic N) is 1. The van der Waals surface area contributed by atoms with E-state index in [0.717, 1.165) is 0 Å². The fraction of sp³-hybridized carbons (Fsp3) is 0.294. The molecule has 1 aromatic carbocycles. The molecule has 0 saturated carbocycles. The molecule has 136 valence electrons. The molecular weight excluding hydrogens is 381 g/mol. The predicted molar refractivity (Wildman–Crippen MR) is 94.6 cm³/mol. The minimum Gasteiger partial charge on any atom is -0.441 e. The van der Waals surface area contributed by atoms with E-state index in [9.17, 15) is 14.4 Å². The van der Waals surface area contributed by atoms with E-state index in [4.69, 9.17) is 27.6 Å². The Bertz CT molecular complexity index is 865. The third-order valence-electron chi connectivity index (χ3n) is 3.89. The van der Waals surface area contributed by atoms with Crippen LogP contribution in [0.25, 0.3) is 11.3 Å². The van der Waals surface area contributed by atoms with Gasteiger partial charge in [0.1, 0.15) is 6.04 Å². The van der Waals surface area contributed by atoms with E-state index >= 15 is 0 Å². The number of oxazole rings is 1. The van der Waals surface area contributed by atoms with Crippen molar-refractivity contribution in [1.82, 2.24) is 15.6 Å². The lowest BCUT2D eigenvalue weighted by Crippen LogP contribution is -2.52. The highest BCUT2D eigenvalue weighted by atomic mass is 35.5. The van der Waals surface area contributed by atoms with Crippen molar-refractivity contribution in [2.24, 2.45) is 0 Å². The lowest BCUT2D eigenvalue weighted by Gasteiger charge is -2.21. The summed E-state index contributed by atoms with van der Waals surface area (Å²) in [5.41, 5.74) is 0.655.